The summed E-state index contributed by atoms with van der Waals surface area (Å²) in [6, 6.07) is 8.43. The molecule has 1 aromatic carbocycles. The lowest BCUT2D eigenvalue weighted by Gasteiger charge is -1.97. The highest BCUT2D eigenvalue weighted by Gasteiger charge is 2.10. The zero-order valence-electron chi connectivity index (χ0n) is 9.42. The van der Waals surface area contributed by atoms with Crippen molar-refractivity contribution in [2.45, 2.75) is 0 Å². The van der Waals surface area contributed by atoms with Crippen molar-refractivity contribution in [3.05, 3.63) is 47.1 Å². The largest absolute Gasteiger partial charge is 0.256 e. The summed E-state index contributed by atoms with van der Waals surface area (Å²) in [5.41, 5.74) is 2.25. The average molecular weight is 248 g/mol. The van der Waals surface area contributed by atoms with Crippen molar-refractivity contribution in [2.24, 2.45) is 4.99 Å². The highest BCUT2D eigenvalue weighted by atomic mass is 32.1. The van der Waals surface area contributed by atoms with Crippen LogP contribution in [0.1, 0.15) is 10.4 Å². The van der Waals surface area contributed by atoms with Gasteiger partial charge < -0.3 is 0 Å². The van der Waals surface area contributed by atoms with E-state index in [4.69, 9.17) is 0 Å². The number of benzene rings is 1. The van der Waals surface area contributed by atoms with E-state index in [2.05, 4.69) is 34.0 Å². The first-order valence-corrected chi connectivity index (χ1v) is 6.50. The molecule has 1 aliphatic rings. The highest BCUT2D eigenvalue weighted by molar-refractivity contribution is 7.20. The molecule has 3 aromatic rings. The van der Waals surface area contributed by atoms with E-state index in [-0.39, 0.29) is 0 Å². The molecule has 0 spiro atoms. The minimum absolute atomic E-state index is 1.04. The van der Waals surface area contributed by atoms with Crippen molar-refractivity contribution >= 4 is 50.3 Å². The van der Waals surface area contributed by atoms with Crippen LogP contribution < -0.4 is 0 Å². The summed E-state index contributed by atoms with van der Waals surface area (Å²) >= 11 is 1.77. The summed E-state index contributed by atoms with van der Waals surface area (Å²) < 4.78 is 1.28. The fraction of sp³-hybridized carbons (Fsp3) is 0. The molecule has 0 saturated carbocycles. The Labute approximate surface area is 108 Å². The van der Waals surface area contributed by atoms with E-state index in [0.717, 1.165) is 5.52 Å². The molecule has 0 bridgehead atoms. The second kappa shape index (κ2) is 3.64. The van der Waals surface area contributed by atoms with Gasteiger partial charge in [-0.25, -0.2) is 4.99 Å². The van der Waals surface area contributed by atoms with Crippen LogP contribution in [0.4, 0.5) is 0 Å². The number of rotatable bonds is 0. The van der Waals surface area contributed by atoms with Crippen molar-refractivity contribution in [1.82, 2.24) is 4.98 Å². The molecule has 2 nitrogen and oxygen atoms in total. The first-order valence-electron chi connectivity index (χ1n) is 5.68. The van der Waals surface area contributed by atoms with Crippen LogP contribution in [0, 0.1) is 0 Å². The van der Waals surface area contributed by atoms with Gasteiger partial charge in [-0.3, -0.25) is 4.98 Å². The first-order chi connectivity index (χ1) is 8.92. The maximum atomic E-state index is 4.41. The fourth-order valence-electron chi connectivity index (χ4n) is 2.23. The Bertz CT molecular complexity index is 865. The van der Waals surface area contributed by atoms with Crippen LogP contribution in [-0.2, 0) is 0 Å². The number of fused-ring (bicyclic) bond motifs is 4. The standard InChI is InChI=1S/C15H8N2S/c1-2-10-8-15-12(9-13(10)17-5-1)11-3-6-16-7-4-14(11)18-15/h1-6,8-9H. The molecule has 1 aliphatic heterocycles. The lowest BCUT2D eigenvalue weighted by atomic mass is 10.1. The van der Waals surface area contributed by atoms with E-state index in [1.54, 1.807) is 17.5 Å². The molecule has 3 heterocycles. The molecule has 0 fully saturated rings. The molecule has 0 N–H and O–H groups in total. The van der Waals surface area contributed by atoms with Gasteiger partial charge >= 0.3 is 0 Å². The number of aromatic nitrogens is 1. The Morgan fingerprint density at radius 2 is 2.22 bits per heavy atom. The van der Waals surface area contributed by atoms with Crippen molar-refractivity contribution in [1.29, 1.82) is 0 Å². The first kappa shape index (κ1) is 9.77. The molecular weight excluding hydrogens is 240 g/mol. The Morgan fingerprint density at radius 3 is 3.22 bits per heavy atom. The molecule has 4 rings (SSSR count). The molecule has 84 valence electrons. The van der Waals surface area contributed by atoms with E-state index >= 15 is 0 Å². The van der Waals surface area contributed by atoms with Gasteiger partial charge in [-0.05, 0) is 30.1 Å². The second-order valence-corrected chi connectivity index (χ2v) is 5.23. The van der Waals surface area contributed by atoms with Crippen molar-refractivity contribution in [3.63, 3.8) is 0 Å². The smallest absolute Gasteiger partial charge is 0.0709 e. The molecule has 0 saturated heterocycles. The number of thiophene rings is 1. The molecule has 3 heteroatoms. The Morgan fingerprint density at radius 1 is 1.22 bits per heavy atom. The predicted octanol–water partition coefficient (Wildman–Crippen LogP) is 4.12. The molecule has 2 aromatic heterocycles. The Kier molecular flexibility index (Phi) is 1.97. The van der Waals surface area contributed by atoms with E-state index in [9.17, 15) is 0 Å². The number of hydrogen-bond acceptors (Lipinski definition) is 3. The molecule has 0 atom stereocenters. The monoisotopic (exact) mass is 248 g/mol. The normalized spacial score (nSPS) is 13.1. The van der Waals surface area contributed by atoms with Gasteiger partial charge in [0.1, 0.15) is 0 Å². The van der Waals surface area contributed by atoms with E-state index in [1.807, 2.05) is 24.4 Å². The third-order valence-electron chi connectivity index (χ3n) is 3.07. The summed E-state index contributed by atoms with van der Waals surface area (Å²) in [6.07, 6.45) is 7.60. The van der Waals surface area contributed by atoms with Crippen LogP contribution in [0.5, 0.6) is 0 Å². The van der Waals surface area contributed by atoms with Crippen LogP contribution in [0.3, 0.4) is 0 Å². The summed E-state index contributed by atoms with van der Waals surface area (Å²) in [5, 5.41) is 2.43. The van der Waals surface area contributed by atoms with Crippen molar-refractivity contribution < 1.29 is 0 Å². The van der Waals surface area contributed by atoms with Gasteiger partial charge in [0.15, 0.2) is 0 Å². The number of nitrogens with zero attached hydrogens (tertiary/aromatic N) is 2. The predicted molar refractivity (Wildman–Crippen MR) is 78.1 cm³/mol. The van der Waals surface area contributed by atoms with Gasteiger partial charge in [0.2, 0.25) is 0 Å². The summed E-state index contributed by atoms with van der Waals surface area (Å²) in [4.78, 5) is 9.65. The van der Waals surface area contributed by atoms with Gasteiger partial charge in [-0.15, -0.1) is 11.3 Å². The second-order valence-electron chi connectivity index (χ2n) is 4.14. The van der Waals surface area contributed by atoms with Crippen LogP contribution in [0.15, 0.2) is 41.7 Å². The minimum Gasteiger partial charge on any atom is -0.256 e. The van der Waals surface area contributed by atoms with Gasteiger partial charge in [0.25, 0.3) is 0 Å². The zero-order chi connectivity index (χ0) is 11.9. The topological polar surface area (TPSA) is 25.2 Å². The molecule has 18 heavy (non-hydrogen) atoms. The van der Waals surface area contributed by atoms with Gasteiger partial charge in [0.05, 0.1) is 5.52 Å². The maximum Gasteiger partial charge on any atom is 0.0709 e. The van der Waals surface area contributed by atoms with Crippen molar-refractivity contribution in [2.75, 3.05) is 0 Å². The SMILES string of the molecule is C1=Cc2sc3cc4cccnc4cc3c2C=CN=1. The van der Waals surface area contributed by atoms with Crippen LogP contribution in [0.25, 0.3) is 33.1 Å². The van der Waals surface area contributed by atoms with Gasteiger partial charge in [-0.2, -0.15) is 0 Å². The van der Waals surface area contributed by atoms with Crippen LogP contribution in [0.2, 0.25) is 0 Å². The lowest BCUT2D eigenvalue weighted by Crippen LogP contribution is -1.78. The summed E-state index contributed by atoms with van der Waals surface area (Å²) in [7, 11) is 0. The average Bonchev–Trinajstić information content (AvgIpc) is 2.59. The summed E-state index contributed by atoms with van der Waals surface area (Å²) in [6.45, 7) is 0. The third-order valence-corrected chi connectivity index (χ3v) is 4.18. The molecule has 0 aliphatic carbocycles. The number of aliphatic imine (C=N–C) groups is 1. The molecule has 0 unspecified atom stereocenters. The fourth-order valence-corrected chi connectivity index (χ4v) is 3.33. The van der Waals surface area contributed by atoms with E-state index in [1.165, 1.54) is 25.9 Å². The third kappa shape index (κ3) is 1.35. The van der Waals surface area contributed by atoms with Crippen LogP contribution in [-0.4, -0.2) is 10.9 Å². The quantitative estimate of drug-likeness (QED) is 0.587. The molecule has 0 amide bonds. The summed E-state index contributed by atoms with van der Waals surface area (Å²) in [5.74, 6) is 2.91. The highest BCUT2D eigenvalue weighted by Crippen LogP contribution is 2.35. The minimum atomic E-state index is 1.04. The Balaban J connectivity index is 2.17. The van der Waals surface area contributed by atoms with Crippen molar-refractivity contribution in [3.8, 4) is 0 Å². The van der Waals surface area contributed by atoms with Crippen LogP contribution >= 0.6 is 11.3 Å². The van der Waals surface area contributed by atoms with Gasteiger partial charge in [-0.1, -0.05) is 6.07 Å². The van der Waals surface area contributed by atoms with E-state index < -0.39 is 0 Å². The Hall–Kier alpha value is -2.22. The number of hydrogen-bond donors (Lipinski definition) is 0. The number of pyridine rings is 1. The van der Waals surface area contributed by atoms with E-state index in [0.29, 0.717) is 0 Å². The maximum absolute atomic E-state index is 4.41. The molecular formula is C15H8N2S. The van der Waals surface area contributed by atoms with Gasteiger partial charge in [0, 0.05) is 44.4 Å². The zero-order valence-corrected chi connectivity index (χ0v) is 10.2. The molecule has 0 radical (unpaired) electrons. The lowest BCUT2D eigenvalue weighted by molar-refractivity contribution is 1.42.